The summed E-state index contributed by atoms with van der Waals surface area (Å²) >= 11 is 3.42. The maximum atomic E-state index is 11.9. The van der Waals surface area contributed by atoms with Crippen LogP contribution in [0.2, 0.25) is 0 Å². The Morgan fingerprint density at radius 3 is 2.78 bits per heavy atom. The molecule has 4 nitrogen and oxygen atoms in total. The lowest BCUT2D eigenvalue weighted by Gasteiger charge is -2.17. The number of hydrogen-bond acceptors (Lipinski definition) is 3. The number of ether oxygens (including phenoxy) is 1. The van der Waals surface area contributed by atoms with Gasteiger partial charge in [0.05, 0.1) is 12.6 Å². The molecule has 18 heavy (non-hydrogen) atoms. The summed E-state index contributed by atoms with van der Waals surface area (Å²) in [6.45, 7) is 3.97. The maximum Gasteiger partial charge on any atom is 0.316 e. The molecule has 0 aliphatic rings. The molecule has 0 fully saturated rings. The Labute approximate surface area is 114 Å². The molecule has 0 saturated heterocycles. The van der Waals surface area contributed by atoms with E-state index in [1.807, 2.05) is 42.6 Å². The van der Waals surface area contributed by atoms with Crippen LogP contribution in [-0.2, 0) is 9.53 Å². The van der Waals surface area contributed by atoms with Gasteiger partial charge >= 0.3 is 5.97 Å². The molecule has 2 aromatic heterocycles. The highest BCUT2D eigenvalue weighted by Crippen LogP contribution is 2.29. The van der Waals surface area contributed by atoms with Crippen molar-refractivity contribution in [3.05, 3.63) is 34.8 Å². The predicted octanol–water partition coefficient (Wildman–Crippen LogP) is 3.01. The van der Waals surface area contributed by atoms with Gasteiger partial charge in [0.15, 0.2) is 0 Å². The second kappa shape index (κ2) is 5.10. The number of carbonyl (C=O) groups is 1. The quantitative estimate of drug-likeness (QED) is 0.819. The molecule has 2 rings (SSSR count). The van der Waals surface area contributed by atoms with Gasteiger partial charge in [-0.1, -0.05) is 19.9 Å². The minimum atomic E-state index is -0.365. The zero-order chi connectivity index (χ0) is 13.3. The van der Waals surface area contributed by atoms with Crippen LogP contribution in [0.4, 0.5) is 0 Å². The molecule has 0 radical (unpaired) electrons. The SMILES string of the molecule is COC(=O)C(c1nc(Br)c2ccccn12)C(C)C. The first-order valence-electron chi connectivity index (χ1n) is 5.76. The fourth-order valence-electron chi connectivity index (χ4n) is 2.04. The van der Waals surface area contributed by atoms with Crippen LogP contribution in [0.5, 0.6) is 0 Å². The van der Waals surface area contributed by atoms with Crippen molar-refractivity contribution in [3.8, 4) is 0 Å². The molecule has 0 bridgehead atoms. The Morgan fingerprint density at radius 2 is 2.17 bits per heavy atom. The van der Waals surface area contributed by atoms with Crippen LogP contribution in [0.25, 0.3) is 5.52 Å². The number of imidazole rings is 1. The summed E-state index contributed by atoms with van der Waals surface area (Å²) in [7, 11) is 1.41. The second-order valence-corrected chi connectivity index (χ2v) is 5.21. The van der Waals surface area contributed by atoms with Gasteiger partial charge in [0.2, 0.25) is 0 Å². The van der Waals surface area contributed by atoms with Gasteiger partial charge in [-0.25, -0.2) is 4.98 Å². The maximum absolute atomic E-state index is 11.9. The van der Waals surface area contributed by atoms with Crippen molar-refractivity contribution in [2.75, 3.05) is 7.11 Å². The molecule has 5 heteroatoms. The molecule has 0 N–H and O–H groups in total. The van der Waals surface area contributed by atoms with Gasteiger partial charge in [0.1, 0.15) is 16.3 Å². The lowest BCUT2D eigenvalue weighted by molar-refractivity contribution is -0.143. The smallest absolute Gasteiger partial charge is 0.316 e. The lowest BCUT2D eigenvalue weighted by atomic mass is 9.95. The van der Waals surface area contributed by atoms with Gasteiger partial charge in [-0.05, 0) is 34.0 Å². The molecule has 96 valence electrons. The molecule has 1 unspecified atom stereocenters. The van der Waals surface area contributed by atoms with Crippen molar-refractivity contribution in [2.24, 2.45) is 5.92 Å². The van der Waals surface area contributed by atoms with Crippen molar-refractivity contribution in [2.45, 2.75) is 19.8 Å². The first-order chi connectivity index (χ1) is 8.56. The molecular formula is C13H15BrN2O2. The van der Waals surface area contributed by atoms with Crippen LogP contribution < -0.4 is 0 Å². The van der Waals surface area contributed by atoms with E-state index in [0.717, 1.165) is 10.1 Å². The predicted molar refractivity (Wildman–Crippen MR) is 72.5 cm³/mol. The van der Waals surface area contributed by atoms with Crippen molar-refractivity contribution < 1.29 is 9.53 Å². The van der Waals surface area contributed by atoms with Crippen molar-refractivity contribution >= 4 is 27.4 Å². The van der Waals surface area contributed by atoms with E-state index < -0.39 is 0 Å². The van der Waals surface area contributed by atoms with Gasteiger partial charge in [0, 0.05) is 6.20 Å². The van der Waals surface area contributed by atoms with E-state index in [1.54, 1.807) is 0 Å². The van der Waals surface area contributed by atoms with Crippen molar-refractivity contribution in [1.29, 1.82) is 0 Å². The van der Waals surface area contributed by atoms with Crippen LogP contribution in [0.1, 0.15) is 25.6 Å². The number of halogens is 1. The van der Waals surface area contributed by atoms with E-state index in [1.165, 1.54) is 7.11 Å². The largest absolute Gasteiger partial charge is 0.468 e. The summed E-state index contributed by atoms with van der Waals surface area (Å²) in [6.07, 6.45) is 1.90. The van der Waals surface area contributed by atoms with Crippen molar-refractivity contribution in [3.63, 3.8) is 0 Å². The number of methoxy groups -OCH3 is 1. The van der Waals surface area contributed by atoms with Crippen LogP contribution >= 0.6 is 15.9 Å². The number of nitrogens with zero attached hydrogens (tertiary/aromatic N) is 2. The highest BCUT2D eigenvalue weighted by molar-refractivity contribution is 9.10. The summed E-state index contributed by atoms with van der Waals surface area (Å²) in [5, 5.41) is 0. The summed E-state index contributed by atoms with van der Waals surface area (Å²) in [4.78, 5) is 16.4. The Hall–Kier alpha value is -1.36. The zero-order valence-corrected chi connectivity index (χ0v) is 12.1. The first-order valence-corrected chi connectivity index (χ1v) is 6.56. The number of aromatic nitrogens is 2. The third kappa shape index (κ3) is 2.14. The number of rotatable bonds is 3. The van der Waals surface area contributed by atoms with E-state index in [0.29, 0.717) is 5.82 Å². The Kier molecular flexibility index (Phi) is 3.71. The van der Waals surface area contributed by atoms with Crippen LogP contribution in [0.15, 0.2) is 29.0 Å². The normalized spacial score (nSPS) is 12.9. The Bertz CT molecular complexity index is 577. The van der Waals surface area contributed by atoms with Gasteiger partial charge in [-0.15, -0.1) is 0 Å². The lowest BCUT2D eigenvalue weighted by Crippen LogP contribution is -2.22. The van der Waals surface area contributed by atoms with Gasteiger partial charge < -0.3 is 9.14 Å². The standard InChI is InChI=1S/C13H15BrN2O2/c1-8(2)10(13(17)18-3)12-15-11(14)9-6-4-5-7-16(9)12/h4-8,10H,1-3H3. The van der Waals surface area contributed by atoms with Gasteiger partial charge in [0.25, 0.3) is 0 Å². The molecule has 0 aliphatic carbocycles. The monoisotopic (exact) mass is 310 g/mol. The summed E-state index contributed by atoms with van der Waals surface area (Å²) in [5.41, 5.74) is 0.946. The second-order valence-electron chi connectivity index (χ2n) is 4.46. The molecule has 0 saturated carbocycles. The topological polar surface area (TPSA) is 43.6 Å². The fourth-order valence-corrected chi connectivity index (χ4v) is 2.55. The Morgan fingerprint density at radius 1 is 1.44 bits per heavy atom. The summed E-state index contributed by atoms with van der Waals surface area (Å²) < 4.78 is 7.54. The summed E-state index contributed by atoms with van der Waals surface area (Å²) in [5.74, 6) is 0.207. The van der Waals surface area contributed by atoms with E-state index in [-0.39, 0.29) is 17.8 Å². The van der Waals surface area contributed by atoms with Gasteiger partial charge in [-0.3, -0.25) is 4.79 Å². The van der Waals surface area contributed by atoms with E-state index in [9.17, 15) is 4.79 Å². The highest BCUT2D eigenvalue weighted by Gasteiger charge is 2.29. The molecular weight excluding hydrogens is 296 g/mol. The molecule has 0 spiro atoms. The molecule has 2 heterocycles. The number of carbonyl (C=O) groups excluding carboxylic acids is 1. The van der Waals surface area contributed by atoms with E-state index in [2.05, 4.69) is 20.9 Å². The zero-order valence-electron chi connectivity index (χ0n) is 10.6. The average Bonchev–Trinajstić information content (AvgIpc) is 2.67. The van der Waals surface area contributed by atoms with Crippen molar-refractivity contribution in [1.82, 2.24) is 9.38 Å². The third-order valence-electron chi connectivity index (χ3n) is 2.93. The third-order valence-corrected chi connectivity index (χ3v) is 3.51. The number of pyridine rings is 1. The first kappa shape index (κ1) is 13.1. The van der Waals surface area contributed by atoms with Gasteiger partial charge in [-0.2, -0.15) is 0 Å². The van der Waals surface area contributed by atoms with Crippen LogP contribution in [0, 0.1) is 5.92 Å². The number of hydrogen-bond donors (Lipinski definition) is 0. The van der Waals surface area contributed by atoms with E-state index in [4.69, 9.17) is 4.74 Å². The molecule has 2 aromatic rings. The molecule has 0 aromatic carbocycles. The molecule has 0 amide bonds. The number of fused-ring (bicyclic) bond motifs is 1. The molecule has 0 aliphatic heterocycles. The Balaban J connectivity index is 2.61. The summed E-state index contributed by atoms with van der Waals surface area (Å²) in [6, 6.07) is 5.81. The minimum absolute atomic E-state index is 0.121. The molecule has 1 atom stereocenters. The van der Waals surface area contributed by atoms with Crippen LogP contribution in [-0.4, -0.2) is 22.5 Å². The highest BCUT2D eigenvalue weighted by atomic mass is 79.9. The van der Waals surface area contributed by atoms with Crippen LogP contribution in [0.3, 0.4) is 0 Å². The number of esters is 1. The fraction of sp³-hybridized carbons (Fsp3) is 0.385. The minimum Gasteiger partial charge on any atom is -0.468 e. The average molecular weight is 311 g/mol. The van der Waals surface area contributed by atoms with E-state index >= 15 is 0 Å².